The smallest absolute Gasteiger partial charge is 0.255 e. The molecule has 3 rings (SSSR count). The maximum Gasteiger partial charge on any atom is 0.255 e. The topological polar surface area (TPSA) is 38.3 Å². The summed E-state index contributed by atoms with van der Waals surface area (Å²) in [5, 5.41) is 2.93. The van der Waals surface area contributed by atoms with Gasteiger partial charge in [-0.05, 0) is 55.5 Å². The van der Waals surface area contributed by atoms with E-state index in [2.05, 4.69) is 52.4 Å². The first-order valence-corrected chi connectivity index (χ1v) is 10.3. The fourth-order valence-electron chi connectivity index (χ4n) is 2.60. The van der Waals surface area contributed by atoms with Gasteiger partial charge in [0.25, 0.3) is 5.91 Å². The van der Waals surface area contributed by atoms with Crippen LogP contribution in [0.15, 0.2) is 76.1 Å². The largest absolute Gasteiger partial charge is 0.496 e. The third kappa shape index (κ3) is 5.37. The van der Waals surface area contributed by atoms with Gasteiger partial charge in [-0.3, -0.25) is 4.79 Å². The van der Waals surface area contributed by atoms with Crippen LogP contribution in [0.5, 0.6) is 5.75 Å². The molecule has 3 aromatic carbocycles. The Morgan fingerprint density at radius 1 is 1.07 bits per heavy atom. The van der Waals surface area contributed by atoms with Crippen LogP contribution in [0.1, 0.15) is 21.5 Å². The third-order valence-electron chi connectivity index (χ3n) is 4.04. The van der Waals surface area contributed by atoms with Gasteiger partial charge in [0.15, 0.2) is 0 Å². The summed E-state index contributed by atoms with van der Waals surface area (Å²) >= 11 is 5.14. The minimum atomic E-state index is -0.141. The lowest BCUT2D eigenvalue weighted by molar-refractivity contribution is 0.102. The first-order chi connectivity index (χ1) is 13.0. The van der Waals surface area contributed by atoms with E-state index in [-0.39, 0.29) is 5.91 Å². The van der Waals surface area contributed by atoms with E-state index < -0.39 is 0 Å². The van der Waals surface area contributed by atoms with Crippen molar-refractivity contribution in [2.24, 2.45) is 0 Å². The van der Waals surface area contributed by atoms with Gasteiger partial charge in [-0.15, -0.1) is 11.8 Å². The molecule has 0 saturated carbocycles. The molecule has 0 bridgehead atoms. The van der Waals surface area contributed by atoms with Crippen LogP contribution in [0.3, 0.4) is 0 Å². The molecule has 0 unspecified atom stereocenters. The van der Waals surface area contributed by atoms with Crippen LogP contribution in [-0.4, -0.2) is 13.0 Å². The van der Waals surface area contributed by atoms with E-state index >= 15 is 0 Å². The highest BCUT2D eigenvalue weighted by Gasteiger charge is 2.11. The molecule has 1 amide bonds. The van der Waals surface area contributed by atoms with Gasteiger partial charge in [0.05, 0.1) is 7.11 Å². The van der Waals surface area contributed by atoms with Gasteiger partial charge in [0.1, 0.15) is 5.75 Å². The number of rotatable bonds is 6. The summed E-state index contributed by atoms with van der Waals surface area (Å²) < 4.78 is 6.39. The summed E-state index contributed by atoms with van der Waals surface area (Å²) in [5.41, 5.74) is 3.59. The summed E-state index contributed by atoms with van der Waals surface area (Å²) in [6.07, 6.45) is 0. The molecule has 0 atom stereocenters. The van der Waals surface area contributed by atoms with Gasteiger partial charge in [-0.2, -0.15) is 0 Å². The highest BCUT2D eigenvalue weighted by molar-refractivity contribution is 9.10. The van der Waals surface area contributed by atoms with Crippen molar-refractivity contribution < 1.29 is 9.53 Å². The van der Waals surface area contributed by atoms with Crippen LogP contribution < -0.4 is 10.1 Å². The van der Waals surface area contributed by atoms with Crippen LogP contribution in [-0.2, 0) is 5.75 Å². The van der Waals surface area contributed by atoms with Crippen LogP contribution in [0.2, 0.25) is 0 Å². The molecule has 3 nitrogen and oxygen atoms in total. The molecule has 0 aliphatic heterocycles. The predicted molar refractivity (Wildman–Crippen MR) is 116 cm³/mol. The number of aryl methyl sites for hydroxylation is 1. The summed E-state index contributed by atoms with van der Waals surface area (Å²) in [4.78, 5) is 13.8. The normalized spacial score (nSPS) is 10.5. The Labute approximate surface area is 172 Å². The van der Waals surface area contributed by atoms with Crippen LogP contribution in [0.4, 0.5) is 5.69 Å². The molecule has 5 heteroatoms. The summed E-state index contributed by atoms with van der Waals surface area (Å²) in [6.45, 7) is 2.07. The Hall–Kier alpha value is -2.24. The fourth-order valence-corrected chi connectivity index (χ4v) is 3.87. The Balaban J connectivity index is 1.75. The van der Waals surface area contributed by atoms with Gasteiger partial charge in [0.2, 0.25) is 0 Å². The quantitative estimate of drug-likeness (QED) is 0.455. The number of thioether (sulfide) groups is 1. The van der Waals surface area contributed by atoms with Crippen LogP contribution in [0.25, 0.3) is 0 Å². The standard InChI is InChI=1S/C22H20BrNO2S/c1-15-6-9-20(10-7-15)27-14-17-12-16(8-11-21(17)26-2)22(25)24-19-5-3-4-18(23)13-19/h3-13H,14H2,1-2H3,(H,24,25). The van der Waals surface area contributed by atoms with E-state index in [1.165, 1.54) is 10.5 Å². The van der Waals surface area contributed by atoms with Crippen molar-refractivity contribution in [2.45, 2.75) is 17.6 Å². The van der Waals surface area contributed by atoms with Crippen molar-refractivity contribution in [1.29, 1.82) is 0 Å². The number of hydrogen-bond acceptors (Lipinski definition) is 3. The Morgan fingerprint density at radius 2 is 1.85 bits per heavy atom. The van der Waals surface area contributed by atoms with Gasteiger partial charge < -0.3 is 10.1 Å². The molecule has 0 saturated heterocycles. The van der Waals surface area contributed by atoms with Gasteiger partial charge >= 0.3 is 0 Å². The number of hydrogen-bond donors (Lipinski definition) is 1. The molecular weight excluding hydrogens is 422 g/mol. The number of anilines is 1. The van der Waals surface area contributed by atoms with E-state index in [1.54, 1.807) is 24.9 Å². The zero-order chi connectivity index (χ0) is 19.2. The summed E-state index contributed by atoms with van der Waals surface area (Å²) in [6, 6.07) is 21.5. The van der Waals surface area contributed by atoms with E-state index in [9.17, 15) is 4.79 Å². The molecule has 0 aliphatic carbocycles. The molecule has 0 fully saturated rings. The first-order valence-electron chi connectivity index (χ1n) is 8.48. The number of nitrogens with one attached hydrogen (secondary N) is 1. The second-order valence-electron chi connectivity index (χ2n) is 6.09. The molecular formula is C22H20BrNO2S. The number of halogens is 1. The van der Waals surface area contributed by atoms with Crippen molar-refractivity contribution in [3.05, 3.63) is 87.9 Å². The van der Waals surface area contributed by atoms with Crippen molar-refractivity contribution in [3.63, 3.8) is 0 Å². The molecule has 138 valence electrons. The Bertz CT molecular complexity index is 941. The highest BCUT2D eigenvalue weighted by Crippen LogP contribution is 2.29. The molecule has 0 spiro atoms. The molecule has 3 aromatic rings. The summed E-state index contributed by atoms with van der Waals surface area (Å²) in [5.74, 6) is 1.37. The number of carbonyl (C=O) groups is 1. The second kappa shape index (κ2) is 9.11. The van der Waals surface area contributed by atoms with Crippen LogP contribution in [0, 0.1) is 6.92 Å². The fraction of sp³-hybridized carbons (Fsp3) is 0.136. The highest BCUT2D eigenvalue weighted by atomic mass is 79.9. The lowest BCUT2D eigenvalue weighted by Gasteiger charge is -2.11. The van der Waals surface area contributed by atoms with Gasteiger partial charge in [-0.1, -0.05) is 39.7 Å². The van der Waals surface area contributed by atoms with Gasteiger partial charge in [0, 0.05) is 31.9 Å². The minimum absolute atomic E-state index is 0.141. The molecule has 27 heavy (non-hydrogen) atoms. The zero-order valence-electron chi connectivity index (χ0n) is 15.2. The van der Waals surface area contributed by atoms with Crippen molar-refractivity contribution in [3.8, 4) is 5.75 Å². The Kier molecular flexibility index (Phi) is 6.58. The van der Waals surface area contributed by atoms with Crippen molar-refractivity contribution in [2.75, 3.05) is 12.4 Å². The van der Waals surface area contributed by atoms with Gasteiger partial charge in [-0.25, -0.2) is 0 Å². The lowest BCUT2D eigenvalue weighted by Crippen LogP contribution is -2.12. The number of ether oxygens (including phenoxy) is 1. The van der Waals surface area contributed by atoms with Crippen LogP contribution >= 0.6 is 27.7 Å². The average molecular weight is 442 g/mol. The van der Waals surface area contributed by atoms with E-state index in [0.29, 0.717) is 5.56 Å². The number of methoxy groups -OCH3 is 1. The number of amides is 1. The van der Waals surface area contributed by atoms with E-state index in [0.717, 1.165) is 27.2 Å². The second-order valence-corrected chi connectivity index (χ2v) is 8.06. The average Bonchev–Trinajstić information content (AvgIpc) is 2.67. The van der Waals surface area contributed by atoms with Crippen molar-refractivity contribution in [1.82, 2.24) is 0 Å². The first kappa shape index (κ1) is 19.5. The maximum atomic E-state index is 12.6. The van der Waals surface area contributed by atoms with E-state index in [1.807, 2.05) is 36.4 Å². The molecule has 0 aromatic heterocycles. The SMILES string of the molecule is COc1ccc(C(=O)Nc2cccc(Br)c2)cc1CSc1ccc(C)cc1. The van der Waals surface area contributed by atoms with E-state index in [4.69, 9.17) is 4.74 Å². The summed E-state index contributed by atoms with van der Waals surface area (Å²) in [7, 11) is 1.65. The number of carbonyl (C=O) groups excluding carboxylic acids is 1. The molecule has 0 heterocycles. The predicted octanol–water partition coefficient (Wildman–Crippen LogP) is 6.31. The monoisotopic (exact) mass is 441 g/mol. The third-order valence-corrected chi connectivity index (χ3v) is 5.59. The maximum absolute atomic E-state index is 12.6. The Morgan fingerprint density at radius 3 is 2.56 bits per heavy atom. The molecule has 0 aliphatic rings. The lowest BCUT2D eigenvalue weighted by atomic mass is 10.1. The number of benzene rings is 3. The molecule has 0 radical (unpaired) electrons. The molecule has 1 N–H and O–H groups in total. The zero-order valence-corrected chi connectivity index (χ0v) is 17.6. The van der Waals surface area contributed by atoms with Crippen molar-refractivity contribution >= 4 is 39.3 Å². The minimum Gasteiger partial charge on any atom is -0.496 e.